The highest BCUT2D eigenvalue weighted by Crippen LogP contribution is 2.26. The molecular formula is C23H32N2O4S. The topological polar surface area (TPSA) is 77.9 Å². The molecule has 0 spiro atoms. The Balaban J connectivity index is 0.000000248. The van der Waals surface area contributed by atoms with Crippen LogP contribution in [-0.2, 0) is 21.5 Å². The van der Waals surface area contributed by atoms with Gasteiger partial charge < -0.3 is 9.80 Å². The number of hydrogen-bond donors (Lipinski definition) is 1. The molecule has 0 radical (unpaired) electrons. The summed E-state index contributed by atoms with van der Waals surface area (Å²) in [7, 11) is 0.219. The van der Waals surface area contributed by atoms with Crippen molar-refractivity contribution < 1.29 is 17.8 Å². The molecule has 1 N–H and O–H groups in total. The molecule has 7 heteroatoms. The third kappa shape index (κ3) is 7.23. The summed E-state index contributed by atoms with van der Waals surface area (Å²) < 4.78 is 29.6. The molecule has 3 rings (SSSR count). The van der Waals surface area contributed by atoms with Crippen LogP contribution in [0.5, 0.6) is 0 Å². The van der Waals surface area contributed by atoms with Gasteiger partial charge in [0.1, 0.15) is 0 Å². The van der Waals surface area contributed by atoms with Gasteiger partial charge >= 0.3 is 0 Å². The van der Waals surface area contributed by atoms with Gasteiger partial charge in [-0.15, -0.1) is 0 Å². The van der Waals surface area contributed by atoms with Crippen molar-refractivity contribution in [2.45, 2.75) is 56.1 Å². The molecule has 164 valence electrons. The van der Waals surface area contributed by atoms with E-state index in [1.165, 1.54) is 37.0 Å². The van der Waals surface area contributed by atoms with Crippen molar-refractivity contribution >= 4 is 16.5 Å². The van der Waals surface area contributed by atoms with Crippen molar-refractivity contribution in [2.75, 3.05) is 14.1 Å². The zero-order valence-corrected chi connectivity index (χ0v) is 18.8. The lowest BCUT2D eigenvalue weighted by Crippen LogP contribution is -2.50. The third-order valence-electron chi connectivity index (χ3n) is 5.45. The first-order valence-electron chi connectivity index (χ1n) is 10.2. The monoisotopic (exact) mass is 432 g/mol. The molecule has 1 saturated carbocycles. The first-order chi connectivity index (χ1) is 14.2. The van der Waals surface area contributed by atoms with E-state index in [0.29, 0.717) is 12.1 Å². The van der Waals surface area contributed by atoms with Gasteiger partial charge in [-0.3, -0.25) is 9.35 Å². The number of carbonyl (C=O) groups excluding carboxylic acids is 1. The average molecular weight is 433 g/mol. The summed E-state index contributed by atoms with van der Waals surface area (Å²) in [6.45, 7) is 2.56. The number of aryl methyl sites for hydroxylation is 1. The number of hydrogen-bond acceptors (Lipinski definition) is 4. The van der Waals surface area contributed by atoms with E-state index in [4.69, 9.17) is 4.55 Å². The Labute approximate surface area is 180 Å². The van der Waals surface area contributed by atoms with Crippen LogP contribution in [0.1, 0.15) is 36.8 Å². The van der Waals surface area contributed by atoms with Gasteiger partial charge in [-0.25, -0.2) is 0 Å². The minimum absolute atomic E-state index is 0.0666. The molecule has 2 aromatic rings. The quantitative estimate of drug-likeness (QED) is 0.555. The van der Waals surface area contributed by atoms with Crippen molar-refractivity contribution in [1.29, 1.82) is 0 Å². The molecule has 2 aromatic carbocycles. The molecule has 30 heavy (non-hydrogen) atoms. The Morgan fingerprint density at radius 3 is 2.03 bits per heavy atom. The minimum atomic E-state index is -4.02. The van der Waals surface area contributed by atoms with Gasteiger partial charge in [0.15, 0.2) is 0 Å². The highest BCUT2D eigenvalue weighted by molar-refractivity contribution is 7.85. The van der Waals surface area contributed by atoms with Gasteiger partial charge in [0, 0.05) is 18.6 Å². The summed E-state index contributed by atoms with van der Waals surface area (Å²) in [5.41, 5.74) is 2.16. The molecule has 1 aliphatic rings. The van der Waals surface area contributed by atoms with Crippen LogP contribution >= 0.6 is 0 Å². The Kier molecular flexibility index (Phi) is 9.02. The van der Waals surface area contributed by atoms with Crippen molar-refractivity contribution in [2.24, 2.45) is 0 Å². The predicted molar refractivity (Wildman–Crippen MR) is 119 cm³/mol. The fourth-order valence-electron chi connectivity index (χ4n) is 3.82. The van der Waals surface area contributed by atoms with E-state index in [1.807, 2.05) is 30.0 Å². The normalized spacial score (nSPS) is 19.0. The van der Waals surface area contributed by atoms with E-state index in [-0.39, 0.29) is 4.90 Å². The number of rotatable bonds is 6. The summed E-state index contributed by atoms with van der Waals surface area (Å²) in [5, 5.41) is 0. The molecule has 1 aliphatic carbocycles. The standard InChI is InChI=1S/C16H24N2O.C7H8O3S/c1-17(2)15-10-6-7-11-16(15)18(13-19)12-14-8-4-3-5-9-14;1-6-2-4-7(5-3-6)11(8,9)10/h3-5,8-9,13,15-16H,6-7,10-12H2,1-2H3;2-5H,1H3,(H,8,9,10). The van der Waals surface area contributed by atoms with Crippen LogP contribution in [-0.4, -0.2) is 55.4 Å². The SMILES string of the molecule is CN(C)C1CCCCC1N(C=O)Cc1ccccc1.Cc1ccc(S(=O)(=O)O)cc1. The molecule has 0 saturated heterocycles. The molecule has 0 aromatic heterocycles. The zero-order chi connectivity index (χ0) is 22.1. The van der Waals surface area contributed by atoms with Crippen molar-refractivity contribution in [3.63, 3.8) is 0 Å². The lowest BCUT2D eigenvalue weighted by molar-refractivity contribution is -0.123. The number of likely N-dealkylation sites (N-methyl/N-ethyl adjacent to an activating group) is 1. The minimum Gasteiger partial charge on any atom is -0.336 e. The molecule has 6 nitrogen and oxygen atoms in total. The summed E-state index contributed by atoms with van der Waals surface area (Å²) in [6, 6.07) is 17.1. The smallest absolute Gasteiger partial charge is 0.294 e. The van der Waals surface area contributed by atoms with Crippen LogP contribution in [0, 0.1) is 6.92 Å². The maximum Gasteiger partial charge on any atom is 0.294 e. The first-order valence-corrected chi connectivity index (χ1v) is 11.6. The van der Waals surface area contributed by atoms with Crippen molar-refractivity contribution in [3.8, 4) is 0 Å². The Morgan fingerprint density at radius 1 is 0.967 bits per heavy atom. The van der Waals surface area contributed by atoms with Crippen LogP contribution in [0.2, 0.25) is 0 Å². The van der Waals surface area contributed by atoms with Crippen LogP contribution in [0.15, 0.2) is 59.5 Å². The molecule has 0 aliphatic heterocycles. The highest BCUT2D eigenvalue weighted by Gasteiger charge is 2.30. The molecule has 1 fully saturated rings. The Bertz CT molecular complexity index is 883. The first kappa shape index (κ1) is 24.1. The Morgan fingerprint density at radius 2 is 1.53 bits per heavy atom. The van der Waals surface area contributed by atoms with Gasteiger partial charge in [-0.1, -0.05) is 60.9 Å². The predicted octanol–water partition coefficient (Wildman–Crippen LogP) is 3.76. The second kappa shape index (κ2) is 11.2. The van der Waals surface area contributed by atoms with Crippen LogP contribution < -0.4 is 0 Å². The highest BCUT2D eigenvalue weighted by atomic mass is 32.2. The molecule has 0 heterocycles. The van der Waals surface area contributed by atoms with Gasteiger partial charge in [-0.05, 0) is 51.6 Å². The van der Waals surface area contributed by atoms with Gasteiger partial charge in [0.2, 0.25) is 6.41 Å². The van der Waals surface area contributed by atoms with Crippen molar-refractivity contribution in [1.82, 2.24) is 9.80 Å². The van der Waals surface area contributed by atoms with Crippen LogP contribution in [0.25, 0.3) is 0 Å². The van der Waals surface area contributed by atoms with Crippen LogP contribution in [0.3, 0.4) is 0 Å². The number of amides is 1. The summed E-state index contributed by atoms with van der Waals surface area (Å²) in [6.07, 6.45) is 5.84. The van der Waals surface area contributed by atoms with E-state index in [1.54, 1.807) is 12.1 Å². The average Bonchev–Trinajstić information content (AvgIpc) is 2.73. The van der Waals surface area contributed by atoms with Crippen molar-refractivity contribution in [3.05, 3.63) is 65.7 Å². The number of benzene rings is 2. The van der Waals surface area contributed by atoms with Gasteiger partial charge in [-0.2, -0.15) is 8.42 Å². The number of nitrogens with zero attached hydrogens (tertiary/aromatic N) is 2. The molecule has 1 amide bonds. The van der Waals surface area contributed by atoms with E-state index < -0.39 is 10.1 Å². The number of carbonyl (C=O) groups is 1. The maximum absolute atomic E-state index is 11.5. The molecular weight excluding hydrogens is 400 g/mol. The largest absolute Gasteiger partial charge is 0.336 e. The summed E-state index contributed by atoms with van der Waals surface area (Å²) in [4.78, 5) is 15.7. The lowest BCUT2D eigenvalue weighted by atomic mass is 9.88. The van der Waals surface area contributed by atoms with E-state index in [2.05, 4.69) is 31.1 Å². The third-order valence-corrected chi connectivity index (χ3v) is 6.31. The van der Waals surface area contributed by atoms with Crippen LogP contribution in [0.4, 0.5) is 0 Å². The molecule has 2 unspecified atom stereocenters. The van der Waals surface area contributed by atoms with E-state index >= 15 is 0 Å². The zero-order valence-electron chi connectivity index (χ0n) is 17.9. The van der Waals surface area contributed by atoms with Gasteiger partial charge in [0.05, 0.1) is 4.90 Å². The van der Waals surface area contributed by atoms with E-state index in [0.717, 1.165) is 24.9 Å². The Hall–Kier alpha value is -2.22. The molecule has 0 bridgehead atoms. The maximum atomic E-state index is 11.5. The fourth-order valence-corrected chi connectivity index (χ4v) is 4.30. The second-order valence-electron chi connectivity index (χ2n) is 7.93. The lowest BCUT2D eigenvalue weighted by Gasteiger charge is -2.41. The fraction of sp³-hybridized carbons (Fsp3) is 0.435. The van der Waals surface area contributed by atoms with Gasteiger partial charge in [0.25, 0.3) is 10.1 Å². The second-order valence-corrected chi connectivity index (χ2v) is 9.36. The molecule has 2 atom stereocenters. The summed E-state index contributed by atoms with van der Waals surface area (Å²) >= 11 is 0. The van der Waals surface area contributed by atoms with E-state index in [9.17, 15) is 13.2 Å². The summed E-state index contributed by atoms with van der Waals surface area (Å²) in [5.74, 6) is 0.